The summed E-state index contributed by atoms with van der Waals surface area (Å²) in [6, 6.07) is 20.1. The molecule has 0 radical (unpaired) electrons. The molecular weight excluding hydrogens is 561 g/mol. The molecule has 0 saturated carbocycles. The number of anilines is 1. The molecule has 1 amide bonds. The minimum Gasteiger partial charge on any atom is -0.399 e. The fourth-order valence-electron chi connectivity index (χ4n) is 4.46. The molecule has 4 N–H and O–H groups in total. The summed E-state index contributed by atoms with van der Waals surface area (Å²) in [5.74, 6) is 0.127. The van der Waals surface area contributed by atoms with E-state index in [2.05, 4.69) is 35.6 Å². The van der Waals surface area contributed by atoms with Crippen LogP contribution in [0.5, 0.6) is 0 Å². The topological polar surface area (TPSA) is 113 Å². The molecule has 9 heteroatoms. The van der Waals surface area contributed by atoms with Gasteiger partial charge >= 0.3 is 212 Å². The molecule has 3 atom stereocenters. The van der Waals surface area contributed by atoms with Crippen LogP contribution in [0.4, 0.5) is 5.69 Å². The molecule has 0 fully saturated rings. The first-order chi connectivity index (χ1) is 18.1. The van der Waals surface area contributed by atoms with E-state index in [1.165, 1.54) is 44.1 Å². The Labute approximate surface area is 235 Å². The zero-order valence-electron chi connectivity index (χ0n) is 22.2. The summed E-state index contributed by atoms with van der Waals surface area (Å²) < 4.78 is 28.1. The summed E-state index contributed by atoms with van der Waals surface area (Å²) in [6.45, 7) is 4.47. The molecule has 0 aromatic heterocycles. The fraction of sp³-hybridized carbons (Fsp3) is 0.414. The number of hydrogen-bond donors (Lipinski definition) is 3. The molecule has 0 saturated heterocycles. The molecule has 2 unspecified atom stereocenters. The SMILES string of the molecule is CC(C)CN(C(CO)CCCCNC(=O)[C@@H]([AsH2])Cc1ccc2ccccc2c1)S(=O)(=O)c1ccc(N)cc1. The average molecular weight is 602 g/mol. The van der Waals surface area contributed by atoms with E-state index in [4.69, 9.17) is 5.73 Å². The molecular formula is C29H40AsN3O4S. The second-order valence-corrected chi connectivity index (χ2v) is 13.7. The van der Waals surface area contributed by atoms with Gasteiger partial charge in [0.15, 0.2) is 0 Å². The summed E-state index contributed by atoms with van der Waals surface area (Å²) in [6.07, 6.45) is 2.58. The van der Waals surface area contributed by atoms with Crippen LogP contribution in [-0.4, -0.2) is 66.3 Å². The van der Waals surface area contributed by atoms with Gasteiger partial charge in [0.1, 0.15) is 0 Å². The monoisotopic (exact) mass is 601 g/mol. The zero-order valence-corrected chi connectivity index (χ0v) is 25.5. The number of aliphatic hydroxyl groups excluding tert-OH is 1. The number of fused-ring (bicyclic) bond motifs is 1. The second-order valence-electron chi connectivity index (χ2n) is 10.2. The molecule has 0 heterocycles. The van der Waals surface area contributed by atoms with E-state index >= 15 is 0 Å². The summed E-state index contributed by atoms with van der Waals surface area (Å²) in [5, 5.41) is 15.5. The van der Waals surface area contributed by atoms with E-state index in [9.17, 15) is 18.3 Å². The Bertz CT molecular complexity index is 1300. The number of carbonyl (C=O) groups is 1. The van der Waals surface area contributed by atoms with Crippen molar-refractivity contribution in [1.29, 1.82) is 0 Å². The van der Waals surface area contributed by atoms with Crippen LogP contribution in [0.1, 0.15) is 38.7 Å². The van der Waals surface area contributed by atoms with Gasteiger partial charge < -0.3 is 5.73 Å². The molecule has 0 aliphatic carbocycles. The molecule has 0 aliphatic rings. The number of amides is 1. The van der Waals surface area contributed by atoms with Crippen molar-refractivity contribution in [2.45, 2.75) is 55.2 Å². The van der Waals surface area contributed by atoms with Crippen LogP contribution >= 0.6 is 0 Å². The van der Waals surface area contributed by atoms with Crippen LogP contribution in [0, 0.1) is 5.92 Å². The minimum atomic E-state index is -3.79. The first-order valence-electron chi connectivity index (χ1n) is 13.1. The molecule has 0 bridgehead atoms. The molecule has 3 aromatic carbocycles. The van der Waals surface area contributed by atoms with Crippen LogP contribution < -0.4 is 11.1 Å². The third-order valence-corrected chi connectivity index (χ3v) is 9.58. The predicted molar refractivity (Wildman–Crippen MR) is 157 cm³/mol. The van der Waals surface area contributed by atoms with Crippen LogP contribution in [-0.2, 0) is 21.2 Å². The molecule has 206 valence electrons. The number of nitrogens with one attached hydrogen (secondary N) is 1. The number of nitrogens with two attached hydrogens (primary N) is 1. The van der Waals surface area contributed by atoms with Gasteiger partial charge in [0.05, 0.1) is 0 Å². The van der Waals surface area contributed by atoms with E-state index in [0.717, 1.165) is 5.56 Å². The van der Waals surface area contributed by atoms with Gasteiger partial charge in [-0.3, -0.25) is 0 Å². The number of unbranched alkanes of at least 4 members (excludes halogenated alkanes) is 1. The van der Waals surface area contributed by atoms with Crippen molar-refractivity contribution in [3.05, 3.63) is 72.3 Å². The zero-order chi connectivity index (χ0) is 27.7. The second kappa shape index (κ2) is 14.1. The minimum absolute atomic E-state index is 0.0317. The maximum absolute atomic E-state index is 13.4. The van der Waals surface area contributed by atoms with Gasteiger partial charge in [0.25, 0.3) is 0 Å². The van der Waals surface area contributed by atoms with E-state index in [1.807, 2.05) is 26.0 Å². The Hall–Kier alpha value is -2.38. The third kappa shape index (κ3) is 8.31. The van der Waals surface area contributed by atoms with Crippen molar-refractivity contribution in [2.24, 2.45) is 5.92 Å². The normalized spacial score (nSPS) is 13.6. The number of carbonyl (C=O) groups excluding carboxylic acids is 1. The Balaban J connectivity index is 1.51. The van der Waals surface area contributed by atoms with Crippen LogP contribution in [0.15, 0.2) is 71.6 Å². The molecule has 3 aromatic rings. The number of benzene rings is 3. The van der Waals surface area contributed by atoms with Gasteiger partial charge in [-0.25, -0.2) is 0 Å². The van der Waals surface area contributed by atoms with Crippen molar-refractivity contribution in [2.75, 3.05) is 25.4 Å². The quantitative estimate of drug-likeness (QED) is 0.149. The van der Waals surface area contributed by atoms with Crippen molar-refractivity contribution < 1.29 is 18.3 Å². The first-order valence-corrected chi connectivity index (χ1v) is 15.9. The van der Waals surface area contributed by atoms with Crippen LogP contribution in [0.25, 0.3) is 10.8 Å². The Kier molecular flexibility index (Phi) is 11.2. The van der Waals surface area contributed by atoms with Gasteiger partial charge in [-0.15, -0.1) is 0 Å². The van der Waals surface area contributed by atoms with Gasteiger partial charge in [-0.2, -0.15) is 0 Å². The number of rotatable bonds is 14. The summed E-state index contributed by atoms with van der Waals surface area (Å²) >= 11 is 1.40. The van der Waals surface area contributed by atoms with Crippen molar-refractivity contribution in [3.8, 4) is 0 Å². The Morgan fingerprint density at radius 2 is 1.71 bits per heavy atom. The smallest absolute Gasteiger partial charge is 0.399 e. The molecule has 38 heavy (non-hydrogen) atoms. The fourth-order valence-corrected chi connectivity index (χ4v) is 7.09. The van der Waals surface area contributed by atoms with Gasteiger partial charge in [-0.1, -0.05) is 0 Å². The van der Waals surface area contributed by atoms with Crippen LogP contribution in [0.2, 0.25) is 4.71 Å². The first kappa shape index (κ1) is 30.2. The van der Waals surface area contributed by atoms with Gasteiger partial charge in [0, 0.05) is 5.69 Å². The van der Waals surface area contributed by atoms with Crippen molar-refractivity contribution in [1.82, 2.24) is 9.62 Å². The molecule has 0 spiro atoms. The number of hydrogen-bond acceptors (Lipinski definition) is 5. The number of sulfonamides is 1. The number of nitrogen functional groups attached to an aromatic ring is 1. The van der Waals surface area contributed by atoms with E-state index in [-0.39, 0.29) is 28.0 Å². The Morgan fingerprint density at radius 1 is 1.03 bits per heavy atom. The molecule has 7 nitrogen and oxygen atoms in total. The van der Waals surface area contributed by atoms with Gasteiger partial charge in [-0.05, 0) is 12.1 Å². The molecule has 3 rings (SSSR count). The van der Waals surface area contributed by atoms with E-state index in [0.29, 0.717) is 44.5 Å². The average Bonchev–Trinajstić information content (AvgIpc) is 2.89. The van der Waals surface area contributed by atoms with Crippen molar-refractivity contribution >= 4 is 49.2 Å². The standard InChI is InChI=1S/C29H40AsN3O4S/c1-21(2)19-33(38(36,37)27-14-12-25(31)13-15-27)26(20-34)9-5-6-16-32-29(35)28(30)18-22-10-11-23-7-3-4-8-24(23)17-22/h3-4,7-8,10-15,17,21,26,28,34H,5-6,9,16,18-20,30-31H2,1-2H3,(H,32,35)/t26?,28-/m0/s1. The van der Waals surface area contributed by atoms with Crippen LogP contribution in [0.3, 0.4) is 0 Å². The number of aliphatic hydroxyl groups is 1. The van der Waals surface area contributed by atoms with Gasteiger partial charge in [0.2, 0.25) is 0 Å². The Morgan fingerprint density at radius 3 is 2.37 bits per heavy atom. The molecule has 0 aliphatic heterocycles. The summed E-state index contributed by atoms with van der Waals surface area (Å²) in [5.41, 5.74) is 7.37. The summed E-state index contributed by atoms with van der Waals surface area (Å²) in [7, 11) is -3.79. The summed E-state index contributed by atoms with van der Waals surface area (Å²) in [4.78, 5) is 12.8. The predicted octanol–water partition coefficient (Wildman–Crippen LogP) is 3.38. The maximum atomic E-state index is 13.4. The third-order valence-electron chi connectivity index (χ3n) is 6.52. The van der Waals surface area contributed by atoms with E-state index < -0.39 is 16.1 Å². The van der Waals surface area contributed by atoms with E-state index in [1.54, 1.807) is 12.1 Å². The number of nitrogens with zero attached hydrogens (tertiary/aromatic N) is 1. The van der Waals surface area contributed by atoms with Crippen molar-refractivity contribution in [3.63, 3.8) is 0 Å².